The summed E-state index contributed by atoms with van der Waals surface area (Å²) in [6, 6.07) is 17.8. The van der Waals surface area contributed by atoms with Crippen molar-refractivity contribution in [1.29, 1.82) is 0 Å². The molecule has 0 aliphatic rings. The van der Waals surface area contributed by atoms with Crippen LogP contribution in [0.15, 0.2) is 72.1 Å². The molecule has 0 saturated heterocycles. The highest BCUT2D eigenvalue weighted by molar-refractivity contribution is 7.12. The van der Waals surface area contributed by atoms with E-state index in [1.54, 1.807) is 42.5 Å². The van der Waals surface area contributed by atoms with Crippen LogP contribution < -0.4 is 10.6 Å². The number of aliphatic carboxylic acids is 1. The molecule has 3 rings (SSSR count). The molecular weight excluding hydrogens is 468 g/mol. The van der Waals surface area contributed by atoms with Crippen molar-refractivity contribution in [1.82, 2.24) is 5.01 Å². The lowest BCUT2D eigenvalue weighted by molar-refractivity contribution is -0.144. The van der Waals surface area contributed by atoms with Crippen molar-refractivity contribution in [3.05, 3.63) is 88.1 Å². The highest BCUT2D eigenvalue weighted by atomic mass is 35.5. The molecule has 1 atom stereocenters. The minimum atomic E-state index is -2.52. The number of rotatable bonds is 10. The first-order valence-corrected chi connectivity index (χ1v) is 10.9. The molecule has 0 bridgehead atoms. The maximum Gasteiger partial charge on any atom is 0.347 e. The van der Waals surface area contributed by atoms with Crippen LogP contribution in [-0.4, -0.2) is 45.2 Å². The number of alkyl halides is 1. The highest BCUT2D eigenvalue weighted by Gasteiger charge is 2.46. The molecule has 1 aromatic heterocycles. The Bertz CT molecular complexity index is 1170. The second-order valence-corrected chi connectivity index (χ2v) is 8.47. The van der Waals surface area contributed by atoms with Crippen molar-refractivity contribution in [3.8, 4) is 5.75 Å². The lowest BCUT2D eigenvalue weighted by Gasteiger charge is -2.31. The summed E-state index contributed by atoms with van der Waals surface area (Å²) in [4.78, 5) is 47.2. The van der Waals surface area contributed by atoms with E-state index in [1.807, 2.05) is 6.07 Å². The number of carbonyl (C=O) groups is 4. The Labute approximate surface area is 198 Å². The Morgan fingerprint density at radius 2 is 1.58 bits per heavy atom. The van der Waals surface area contributed by atoms with Gasteiger partial charge in [0.2, 0.25) is 10.8 Å². The van der Waals surface area contributed by atoms with Gasteiger partial charge in [0.1, 0.15) is 5.75 Å². The van der Waals surface area contributed by atoms with Gasteiger partial charge in [0.25, 0.3) is 5.91 Å². The average Bonchev–Trinajstić information content (AvgIpc) is 3.33. The Balaban J connectivity index is 1.70. The molecular formula is C23H19ClN2O6S. The molecule has 33 heavy (non-hydrogen) atoms. The van der Waals surface area contributed by atoms with E-state index in [2.05, 4.69) is 0 Å². The number of amides is 1. The summed E-state index contributed by atoms with van der Waals surface area (Å²) in [6.45, 7) is -0.231. The second-order valence-electron chi connectivity index (χ2n) is 6.93. The van der Waals surface area contributed by atoms with Crippen molar-refractivity contribution in [3.63, 3.8) is 0 Å². The van der Waals surface area contributed by atoms with Crippen LogP contribution in [0.25, 0.3) is 0 Å². The van der Waals surface area contributed by atoms with Crippen molar-refractivity contribution >= 4 is 46.4 Å². The third-order valence-electron chi connectivity index (χ3n) is 4.65. The number of hydrogen-bond donors (Lipinski definition) is 2. The van der Waals surface area contributed by atoms with E-state index in [4.69, 9.17) is 22.2 Å². The molecule has 2 aromatic carbocycles. The number of ether oxygens (including phenoxy) is 1. The quantitative estimate of drug-likeness (QED) is 0.112. The van der Waals surface area contributed by atoms with Gasteiger partial charge in [-0.1, -0.05) is 48.0 Å². The third kappa shape index (κ3) is 5.64. The lowest BCUT2D eigenvalue weighted by atomic mass is 10.1. The Kier molecular flexibility index (Phi) is 7.59. The molecule has 10 heteroatoms. The minimum absolute atomic E-state index is 0.102. The van der Waals surface area contributed by atoms with Crippen molar-refractivity contribution in [2.24, 2.45) is 5.84 Å². The topological polar surface area (TPSA) is 127 Å². The lowest BCUT2D eigenvalue weighted by Crippen LogP contribution is -2.58. The number of hydrogen-bond acceptors (Lipinski definition) is 7. The van der Waals surface area contributed by atoms with Gasteiger partial charge in [-0.15, -0.1) is 11.3 Å². The number of Topliss-reactive ketones (excluding diaryl/α,β-unsaturated/α-hetero) is 2. The average molecular weight is 487 g/mol. The maximum absolute atomic E-state index is 12.8. The van der Waals surface area contributed by atoms with E-state index in [-0.39, 0.29) is 28.4 Å². The number of hydrazine groups is 1. The SMILES string of the molecule is NN(C(=O)c1ccccc1)[C@@](Cl)(CC(=O)c1cc(C(=O)COc2ccccc2)cs1)C(=O)O. The summed E-state index contributed by atoms with van der Waals surface area (Å²) in [5.41, 5.74) is 0.348. The summed E-state index contributed by atoms with van der Waals surface area (Å²) in [5, 5.41) is 11.4. The molecule has 1 amide bonds. The number of ketones is 2. The predicted octanol–water partition coefficient (Wildman–Crippen LogP) is 3.62. The number of carboxylic acids is 1. The van der Waals surface area contributed by atoms with Gasteiger partial charge in [0.05, 0.1) is 11.3 Å². The maximum atomic E-state index is 12.8. The number of nitrogens with zero attached hydrogens (tertiary/aromatic N) is 1. The molecule has 8 nitrogen and oxygen atoms in total. The molecule has 0 aliphatic carbocycles. The zero-order chi connectivity index (χ0) is 24.0. The van der Waals surface area contributed by atoms with Gasteiger partial charge in [0.15, 0.2) is 12.4 Å². The van der Waals surface area contributed by atoms with Crippen LogP contribution in [0.5, 0.6) is 5.75 Å². The Hall–Kier alpha value is -3.53. The number of halogens is 1. The first kappa shape index (κ1) is 24.1. The second kappa shape index (κ2) is 10.4. The van der Waals surface area contributed by atoms with Gasteiger partial charge in [-0.2, -0.15) is 0 Å². The van der Waals surface area contributed by atoms with Crippen molar-refractivity contribution in [2.75, 3.05) is 6.61 Å². The predicted molar refractivity (Wildman–Crippen MR) is 123 cm³/mol. The third-order valence-corrected chi connectivity index (χ3v) is 6.10. The van der Waals surface area contributed by atoms with Crippen LogP contribution in [0.1, 0.15) is 36.8 Å². The smallest absolute Gasteiger partial charge is 0.347 e. The molecule has 0 aliphatic heterocycles. The summed E-state index contributed by atoms with van der Waals surface area (Å²) in [5.74, 6) is 2.72. The molecule has 0 spiro atoms. The summed E-state index contributed by atoms with van der Waals surface area (Å²) in [7, 11) is 0. The van der Waals surface area contributed by atoms with E-state index in [0.717, 1.165) is 11.3 Å². The molecule has 1 heterocycles. The van der Waals surface area contributed by atoms with Gasteiger partial charge >= 0.3 is 5.97 Å². The van der Waals surface area contributed by atoms with Crippen LogP contribution in [-0.2, 0) is 4.79 Å². The number of carboxylic acid groups (broad SMARTS) is 1. The van der Waals surface area contributed by atoms with E-state index in [0.29, 0.717) is 10.8 Å². The highest BCUT2D eigenvalue weighted by Crippen LogP contribution is 2.29. The number of nitrogens with two attached hydrogens (primary N) is 1. The molecule has 0 saturated carbocycles. The first-order chi connectivity index (χ1) is 15.7. The zero-order valence-corrected chi connectivity index (χ0v) is 18.7. The van der Waals surface area contributed by atoms with E-state index < -0.39 is 29.1 Å². The zero-order valence-electron chi connectivity index (χ0n) is 17.1. The van der Waals surface area contributed by atoms with Crippen molar-refractivity contribution < 1.29 is 29.0 Å². The standard InChI is InChI=1S/C23H19ClN2O6S/c24-23(22(30)31,26(25)21(29)15-7-3-1-4-8-15)12-18(27)20-11-16(14-33-20)19(28)13-32-17-9-5-2-6-10-17/h1-11,14H,12-13,25H2,(H,30,31)/t23-/m0/s1. The van der Waals surface area contributed by atoms with Crippen LogP contribution in [0.3, 0.4) is 0 Å². The summed E-state index contributed by atoms with van der Waals surface area (Å²) in [6.07, 6.45) is -0.798. The largest absolute Gasteiger partial charge is 0.485 e. The molecule has 0 fully saturated rings. The van der Waals surface area contributed by atoms with Gasteiger partial charge in [-0.3, -0.25) is 14.4 Å². The van der Waals surface area contributed by atoms with Gasteiger partial charge < -0.3 is 9.84 Å². The Morgan fingerprint density at radius 1 is 0.970 bits per heavy atom. The molecule has 3 aromatic rings. The van der Waals surface area contributed by atoms with E-state index >= 15 is 0 Å². The summed E-state index contributed by atoms with van der Waals surface area (Å²) < 4.78 is 5.41. The molecule has 0 radical (unpaired) electrons. The number of para-hydroxylation sites is 1. The fourth-order valence-corrected chi connectivity index (χ4v) is 3.87. The van der Waals surface area contributed by atoms with E-state index in [9.17, 15) is 24.3 Å². The minimum Gasteiger partial charge on any atom is -0.485 e. The molecule has 0 unspecified atom stereocenters. The van der Waals surface area contributed by atoms with Crippen molar-refractivity contribution in [2.45, 2.75) is 11.4 Å². The normalized spacial score (nSPS) is 12.4. The summed E-state index contributed by atoms with van der Waals surface area (Å²) >= 11 is 7.13. The number of carbonyl (C=O) groups excluding carboxylic acids is 3. The monoisotopic (exact) mass is 486 g/mol. The fraction of sp³-hybridized carbons (Fsp3) is 0.130. The van der Waals surface area contributed by atoms with Crippen LogP contribution in [0, 0.1) is 0 Å². The first-order valence-electron chi connectivity index (χ1n) is 9.62. The molecule has 3 N–H and O–H groups in total. The van der Waals surface area contributed by atoms with Gasteiger partial charge in [-0.25, -0.2) is 15.6 Å². The van der Waals surface area contributed by atoms with Gasteiger partial charge in [-0.05, 0) is 30.3 Å². The number of thiophene rings is 1. The van der Waals surface area contributed by atoms with Crippen LogP contribution in [0.2, 0.25) is 0 Å². The number of benzene rings is 2. The van der Waals surface area contributed by atoms with Crippen LogP contribution in [0.4, 0.5) is 0 Å². The Morgan fingerprint density at radius 3 is 2.18 bits per heavy atom. The van der Waals surface area contributed by atoms with Gasteiger partial charge in [0, 0.05) is 16.5 Å². The van der Waals surface area contributed by atoms with Crippen LogP contribution >= 0.6 is 22.9 Å². The fourth-order valence-electron chi connectivity index (χ4n) is 2.82. The van der Waals surface area contributed by atoms with E-state index in [1.165, 1.54) is 23.6 Å². The molecule has 170 valence electrons.